The summed E-state index contributed by atoms with van der Waals surface area (Å²) in [6, 6.07) is 17.6. The molecule has 2 saturated heterocycles. The Kier molecular flexibility index (Phi) is 5.49. The summed E-state index contributed by atoms with van der Waals surface area (Å²) in [5.74, 6) is 0.916. The molecule has 0 bridgehead atoms. The molecule has 2 fully saturated rings. The Morgan fingerprint density at radius 1 is 0.971 bits per heavy atom. The predicted molar refractivity (Wildman–Crippen MR) is 134 cm³/mol. The molecule has 0 N–H and O–H groups in total. The van der Waals surface area contributed by atoms with Gasteiger partial charge in [-0.1, -0.05) is 43.3 Å². The van der Waals surface area contributed by atoms with Crippen molar-refractivity contribution in [3.8, 4) is 0 Å². The predicted octanol–water partition coefficient (Wildman–Crippen LogP) is 3.60. The Morgan fingerprint density at radius 2 is 1.77 bits per heavy atom. The van der Waals surface area contributed by atoms with E-state index in [-0.39, 0.29) is 18.4 Å². The van der Waals surface area contributed by atoms with Crippen LogP contribution in [-0.4, -0.2) is 63.7 Å². The zero-order chi connectivity index (χ0) is 23.9. The first-order chi connectivity index (χ1) is 17.1. The number of furan rings is 1. The van der Waals surface area contributed by atoms with Crippen LogP contribution in [0.2, 0.25) is 0 Å². The molecule has 0 saturated carbocycles. The molecule has 0 spiro atoms. The molecule has 7 nitrogen and oxygen atoms in total. The van der Waals surface area contributed by atoms with Crippen molar-refractivity contribution in [2.75, 3.05) is 26.2 Å². The SMILES string of the molecule is CCc1oc2ccccc2c1CN1CC(=O)N2CCN(Cc3ccnc4ccccc34)CC2C1=O. The number of para-hydroxylation sites is 2. The van der Waals surface area contributed by atoms with Crippen LogP contribution in [0.4, 0.5) is 0 Å². The second-order valence-corrected chi connectivity index (χ2v) is 9.37. The molecule has 35 heavy (non-hydrogen) atoms. The van der Waals surface area contributed by atoms with Gasteiger partial charge in [0.15, 0.2) is 0 Å². The Hall–Kier alpha value is -3.71. The maximum absolute atomic E-state index is 13.6. The van der Waals surface area contributed by atoms with E-state index in [0.717, 1.165) is 52.7 Å². The molecule has 2 aliphatic rings. The van der Waals surface area contributed by atoms with E-state index in [1.807, 2.05) is 61.7 Å². The average molecular weight is 469 g/mol. The molecule has 4 heterocycles. The molecule has 1 atom stereocenters. The minimum Gasteiger partial charge on any atom is -0.461 e. The van der Waals surface area contributed by atoms with Gasteiger partial charge in [-0.3, -0.25) is 19.5 Å². The summed E-state index contributed by atoms with van der Waals surface area (Å²) in [5, 5.41) is 2.14. The highest BCUT2D eigenvalue weighted by atomic mass is 16.3. The van der Waals surface area contributed by atoms with Crippen molar-refractivity contribution in [2.24, 2.45) is 0 Å². The van der Waals surface area contributed by atoms with Gasteiger partial charge in [-0.25, -0.2) is 0 Å². The van der Waals surface area contributed by atoms with Crippen LogP contribution >= 0.6 is 0 Å². The molecule has 2 amide bonds. The van der Waals surface area contributed by atoms with Crippen molar-refractivity contribution in [1.82, 2.24) is 19.7 Å². The maximum atomic E-state index is 13.6. The third-order valence-electron chi connectivity index (χ3n) is 7.29. The third kappa shape index (κ3) is 3.86. The average Bonchev–Trinajstić information content (AvgIpc) is 3.25. The molecule has 2 aromatic carbocycles. The molecular weight excluding hydrogens is 440 g/mol. The second-order valence-electron chi connectivity index (χ2n) is 9.37. The highest BCUT2D eigenvalue weighted by molar-refractivity contribution is 5.95. The lowest BCUT2D eigenvalue weighted by Gasteiger charge is -2.46. The van der Waals surface area contributed by atoms with Crippen LogP contribution in [0, 0.1) is 0 Å². The van der Waals surface area contributed by atoms with Gasteiger partial charge >= 0.3 is 0 Å². The van der Waals surface area contributed by atoms with Gasteiger partial charge in [0.25, 0.3) is 0 Å². The third-order valence-corrected chi connectivity index (χ3v) is 7.29. The molecule has 7 heteroatoms. The largest absolute Gasteiger partial charge is 0.461 e. The smallest absolute Gasteiger partial charge is 0.247 e. The topological polar surface area (TPSA) is 69.9 Å². The number of carbonyl (C=O) groups is 2. The number of aryl methyl sites for hydroxylation is 1. The van der Waals surface area contributed by atoms with Gasteiger partial charge in [-0.2, -0.15) is 0 Å². The summed E-state index contributed by atoms with van der Waals surface area (Å²) in [5.41, 5.74) is 3.99. The van der Waals surface area contributed by atoms with Crippen LogP contribution in [0.15, 0.2) is 65.2 Å². The lowest BCUT2D eigenvalue weighted by atomic mass is 10.0. The molecule has 0 aliphatic carbocycles. The number of aromatic nitrogens is 1. The van der Waals surface area contributed by atoms with Crippen molar-refractivity contribution >= 4 is 33.7 Å². The first kappa shape index (κ1) is 21.8. The van der Waals surface area contributed by atoms with E-state index >= 15 is 0 Å². The number of amides is 2. The normalized spacial score (nSPS) is 19.1. The van der Waals surface area contributed by atoms with Crippen molar-refractivity contribution in [3.05, 3.63) is 77.7 Å². The molecule has 1 unspecified atom stereocenters. The van der Waals surface area contributed by atoms with Crippen LogP contribution in [0.25, 0.3) is 21.9 Å². The summed E-state index contributed by atoms with van der Waals surface area (Å²) in [7, 11) is 0. The van der Waals surface area contributed by atoms with Gasteiger partial charge in [0.05, 0.1) is 12.1 Å². The van der Waals surface area contributed by atoms with Crippen molar-refractivity contribution < 1.29 is 14.0 Å². The highest BCUT2D eigenvalue weighted by Crippen LogP contribution is 2.29. The van der Waals surface area contributed by atoms with Crippen LogP contribution in [0.5, 0.6) is 0 Å². The monoisotopic (exact) mass is 468 g/mol. The molecule has 4 aromatic rings. The Bertz CT molecular complexity index is 1420. The van der Waals surface area contributed by atoms with E-state index < -0.39 is 6.04 Å². The quantitative estimate of drug-likeness (QED) is 0.448. The number of hydrogen-bond acceptors (Lipinski definition) is 5. The van der Waals surface area contributed by atoms with Gasteiger partial charge in [0.1, 0.15) is 23.9 Å². The zero-order valence-electron chi connectivity index (χ0n) is 19.8. The summed E-state index contributed by atoms with van der Waals surface area (Å²) >= 11 is 0. The Labute approximate surface area is 203 Å². The van der Waals surface area contributed by atoms with E-state index in [1.54, 1.807) is 9.80 Å². The number of pyridine rings is 1. The minimum atomic E-state index is -0.457. The fourth-order valence-electron chi connectivity index (χ4n) is 5.50. The number of piperazine rings is 2. The summed E-state index contributed by atoms with van der Waals surface area (Å²) < 4.78 is 6.03. The zero-order valence-corrected chi connectivity index (χ0v) is 19.8. The summed E-state index contributed by atoms with van der Waals surface area (Å²) in [6.45, 7) is 5.14. The van der Waals surface area contributed by atoms with Gasteiger partial charge < -0.3 is 14.2 Å². The summed E-state index contributed by atoms with van der Waals surface area (Å²) in [6.07, 6.45) is 2.58. The highest BCUT2D eigenvalue weighted by Gasteiger charge is 2.42. The lowest BCUT2D eigenvalue weighted by molar-refractivity contribution is -0.160. The number of nitrogens with zero attached hydrogens (tertiary/aromatic N) is 4. The molecule has 2 aliphatic heterocycles. The van der Waals surface area contributed by atoms with Crippen molar-refractivity contribution in [3.63, 3.8) is 0 Å². The van der Waals surface area contributed by atoms with Gasteiger partial charge in [-0.05, 0) is 23.8 Å². The van der Waals surface area contributed by atoms with E-state index in [1.165, 1.54) is 5.56 Å². The molecule has 0 radical (unpaired) electrons. The lowest BCUT2D eigenvalue weighted by Crippen LogP contribution is -2.66. The van der Waals surface area contributed by atoms with Crippen LogP contribution in [0.3, 0.4) is 0 Å². The summed E-state index contributed by atoms with van der Waals surface area (Å²) in [4.78, 5) is 36.9. The minimum absolute atomic E-state index is 0.0150. The van der Waals surface area contributed by atoms with E-state index in [0.29, 0.717) is 19.6 Å². The van der Waals surface area contributed by atoms with Crippen molar-refractivity contribution in [1.29, 1.82) is 0 Å². The number of benzene rings is 2. The standard InChI is InChI=1S/C28H28N4O3/c1-2-25-22(21-8-4-6-10-26(21)35-25)16-31-18-27(33)32-14-13-30(17-24(32)28(31)34)15-19-11-12-29-23-9-5-3-7-20(19)23/h3-12,24H,2,13-18H2,1H3. The maximum Gasteiger partial charge on any atom is 0.247 e. The number of carbonyl (C=O) groups excluding carboxylic acids is 2. The molecular formula is C28H28N4O3. The molecule has 6 rings (SSSR count). The second kappa shape index (κ2) is 8.82. The van der Waals surface area contributed by atoms with Gasteiger partial charge in [0, 0.05) is 55.1 Å². The Balaban J connectivity index is 1.24. The fourth-order valence-corrected chi connectivity index (χ4v) is 5.50. The molecule has 2 aromatic heterocycles. The first-order valence-electron chi connectivity index (χ1n) is 12.2. The van der Waals surface area contributed by atoms with E-state index in [9.17, 15) is 9.59 Å². The number of hydrogen-bond donors (Lipinski definition) is 0. The van der Waals surface area contributed by atoms with E-state index in [4.69, 9.17) is 4.42 Å². The van der Waals surface area contributed by atoms with E-state index in [2.05, 4.69) is 16.0 Å². The fraction of sp³-hybridized carbons (Fsp3) is 0.321. The van der Waals surface area contributed by atoms with Crippen LogP contribution < -0.4 is 0 Å². The van der Waals surface area contributed by atoms with Crippen LogP contribution in [-0.2, 0) is 29.1 Å². The van der Waals surface area contributed by atoms with Gasteiger partial charge in [0.2, 0.25) is 11.8 Å². The first-order valence-corrected chi connectivity index (χ1v) is 12.2. The number of fused-ring (bicyclic) bond motifs is 3. The number of rotatable bonds is 5. The Morgan fingerprint density at radius 3 is 2.63 bits per heavy atom. The molecule has 178 valence electrons. The van der Waals surface area contributed by atoms with Gasteiger partial charge in [-0.15, -0.1) is 0 Å². The van der Waals surface area contributed by atoms with Crippen LogP contribution in [0.1, 0.15) is 23.8 Å². The van der Waals surface area contributed by atoms with Crippen molar-refractivity contribution in [2.45, 2.75) is 32.5 Å².